The number of aromatic nitrogens is 2. The molecule has 0 unspecified atom stereocenters. The van der Waals surface area contributed by atoms with Crippen molar-refractivity contribution >= 4 is 11.6 Å². The van der Waals surface area contributed by atoms with E-state index in [1.165, 1.54) is 0 Å². The third-order valence-corrected chi connectivity index (χ3v) is 5.69. The number of nitrogens with zero attached hydrogens (tertiary/aromatic N) is 4. The fourth-order valence-electron chi connectivity index (χ4n) is 4.05. The van der Waals surface area contributed by atoms with Crippen LogP contribution in [0.25, 0.3) is 0 Å². The molecular weight excluding hydrogens is 404 g/mol. The van der Waals surface area contributed by atoms with Gasteiger partial charge < -0.3 is 9.84 Å². The SMILES string of the molecule is CCOc1ccc(N2CN(CCCO)Cn3c2nc(C)c(Cc2ccccc2)c3=O)cc1. The van der Waals surface area contributed by atoms with Crippen molar-refractivity contribution in [3.8, 4) is 5.75 Å². The van der Waals surface area contributed by atoms with Gasteiger partial charge in [0.05, 0.1) is 25.6 Å². The van der Waals surface area contributed by atoms with E-state index in [1.54, 1.807) is 4.57 Å². The molecule has 4 rings (SSSR count). The van der Waals surface area contributed by atoms with Crippen LogP contribution < -0.4 is 15.2 Å². The van der Waals surface area contributed by atoms with E-state index < -0.39 is 0 Å². The first-order chi connectivity index (χ1) is 15.6. The van der Waals surface area contributed by atoms with Crippen molar-refractivity contribution in [1.29, 1.82) is 0 Å². The van der Waals surface area contributed by atoms with Crippen molar-refractivity contribution in [3.05, 3.63) is 81.8 Å². The Balaban J connectivity index is 1.74. The standard InChI is InChI=1S/C25H30N4O3/c1-3-32-22-12-10-21(11-13-22)28-17-27(14-7-15-30)18-29-24(31)23(19(2)26-25(28)29)16-20-8-5-4-6-9-20/h4-6,8-13,30H,3,7,14-18H2,1-2H3. The minimum atomic E-state index is -0.0130. The number of aliphatic hydroxyl groups is 1. The number of fused-ring (bicyclic) bond motifs is 1. The topological polar surface area (TPSA) is 70.8 Å². The summed E-state index contributed by atoms with van der Waals surface area (Å²) in [5.74, 6) is 1.46. The monoisotopic (exact) mass is 434 g/mol. The van der Waals surface area contributed by atoms with Crippen molar-refractivity contribution in [1.82, 2.24) is 14.5 Å². The Bertz CT molecular complexity index is 1100. The fraction of sp³-hybridized carbons (Fsp3) is 0.360. The summed E-state index contributed by atoms with van der Waals surface area (Å²) in [5.41, 5.74) is 3.49. The van der Waals surface area contributed by atoms with Gasteiger partial charge in [0.15, 0.2) is 0 Å². The summed E-state index contributed by atoms with van der Waals surface area (Å²) in [6.07, 6.45) is 1.20. The average molecular weight is 435 g/mol. The summed E-state index contributed by atoms with van der Waals surface area (Å²) < 4.78 is 7.33. The average Bonchev–Trinajstić information content (AvgIpc) is 2.82. The molecule has 0 saturated carbocycles. The molecule has 32 heavy (non-hydrogen) atoms. The van der Waals surface area contributed by atoms with Gasteiger partial charge in [-0.1, -0.05) is 30.3 Å². The number of ether oxygens (including phenoxy) is 1. The largest absolute Gasteiger partial charge is 0.494 e. The summed E-state index contributed by atoms with van der Waals surface area (Å²) >= 11 is 0. The van der Waals surface area contributed by atoms with E-state index in [4.69, 9.17) is 9.72 Å². The molecule has 7 heteroatoms. The van der Waals surface area contributed by atoms with Crippen LogP contribution in [0.4, 0.5) is 11.6 Å². The lowest BCUT2D eigenvalue weighted by atomic mass is 10.1. The highest BCUT2D eigenvalue weighted by molar-refractivity contribution is 5.59. The lowest BCUT2D eigenvalue weighted by Crippen LogP contribution is -2.48. The van der Waals surface area contributed by atoms with Crippen LogP contribution in [0.5, 0.6) is 5.75 Å². The number of aryl methyl sites for hydroxylation is 1. The Labute approximate surface area is 188 Å². The number of anilines is 2. The molecule has 0 aliphatic carbocycles. The van der Waals surface area contributed by atoms with E-state index in [0.29, 0.717) is 45.3 Å². The fourth-order valence-corrected chi connectivity index (χ4v) is 4.05. The van der Waals surface area contributed by atoms with Crippen LogP contribution in [-0.4, -0.2) is 46.0 Å². The molecule has 1 N–H and O–H groups in total. The van der Waals surface area contributed by atoms with Crippen LogP contribution in [0.3, 0.4) is 0 Å². The van der Waals surface area contributed by atoms with Crippen molar-refractivity contribution in [2.45, 2.75) is 33.4 Å². The Kier molecular flexibility index (Phi) is 6.87. The first-order valence-electron chi connectivity index (χ1n) is 11.1. The molecule has 7 nitrogen and oxygen atoms in total. The number of hydrogen-bond donors (Lipinski definition) is 1. The number of benzene rings is 2. The molecule has 0 saturated heterocycles. The second-order valence-corrected chi connectivity index (χ2v) is 7.98. The molecule has 1 aliphatic heterocycles. The van der Waals surface area contributed by atoms with Crippen molar-refractivity contribution in [2.75, 3.05) is 31.3 Å². The number of hydrogen-bond acceptors (Lipinski definition) is 6. The molecule has 0 radical (unpaired) electrons. The van der Waals surface area contributed by atoms with Crippen LogP contribution >= 0.6 is 0 Å². The van der Waals surface area contributed by atoms with Gasteiger partial charge in [-0.2, -0.15) is 0 Å². The molecular formula is C25H30N4O3. The van der Waals surface area contributed by atoms with E-state index in [1.807, 2.05) is 68.4 Å². The van der Waals surface area contributed by atoms with Gasteiger partial charge in [0.2, 0.25) is 5.95 Å². The van der Waals surface area contributed by atoms with Gasteiger partial charge in [-0.05, 0) is 50.1 Å². The van der Waals surface area contributed by atoms with Gasteiger partial charge in [-0.15, -0.1) is 0 Å². The highest BCUT2D eigenvalue weighted by Crippen LogP contribution is 2.29. The lowest BCUT2D eigenvalue weighted by Gasteiger charge is -2.38. The molecule has 0 amide bonds. The number of aliphatic hydroxyl groups excluding tert-OH is 1. The van der Waals surface area contributed by atoms with E-state index in [2.05, 4.69) is 9.80 Å². The maximum absolute atomic E-state index is 13.6. The van der Waals surface area contributed by atoms with Crippen molar-refractivity contribution in [2.24, 2.45) is 0 Å². The summed E-state index contributed by atoms with van der Waals surface area (Å²) in [5, 5.41) is 9.32. The highest BCUT2D eigenvalue weighted by Gasteiger charge is 2.27. The van der Waals surface area contributed by atoms with Crippen molar-refractivity contribution < 1.29 is 9.84 Å². The predicted molar refractivity (Wildman–Crippen MR) is 126 cm³/mol. The summed E-state index contributed by atoms with van der Waals surface area (Å²) in [4.78, 5) is 22.7. The van der Waals surface area contributed by atoms with Crippen LogP contribution in [0, 0.1) is 6.92 Å². The van der Waals surface area contributed by atoms with E-state index >= 15 is 0 Å². The van der Waals surface area contributed by atoms with E-state index in [0.717, 1.165) is 28.3 Å². The highest BCUT2D eigenvalue weighted by atomic mass is 16.5. The first kappa shape index (κ1) is 22.0. The van der Waals surface area contributed by atoms with Crippen LogP contribution in [0.15, 0.2) is 59.4 Å². The van der Waals surface area contributed by atoms with Gasteiger partial charge >= 0.3 is 0 Å². The zero-order chi connectivity index (χ0) is 22.5. The third-order valence-electron chi connectivity index (χ3n) is 5.69. The smallest absolute Gasteiger partial charge is 0.259 e. The summed E-state index contributed by atoms with van der Waals surface area (Å²) in [6, 6.07) is 17.9. The molecule has 2 heterocycles. The Morgan fingerprint density at radius 3 is 2.50 bits per heavy atom. The Morgan fingerprint density at radius 1 is 1.06 bits per heavy atom. The van der Waals surface area contributed by atoms with Gasteiger partial charge in [0.25, 0.3) is 5.56 Å². The molecule has 168 valence electrons. The minimum Gasteiger partial charge on any atom is -0.494 e. The first-order valence-corrected chi connectivity index (χ1v) is 11.1. The van der Waals surface area contributed by atoms with Gasteiger partial charge in [-0.25, -0.2) is 4.98 Å². The zero-order valence-electron chi connectivity index (χ0n) is 18.7. The predicted octanol–water partition coefficient (Wildman–Crippen LogP) is 3.29. The molecule has 2 aromatic carbocycles. The molecule has 1 aliphatic rings. The van der Waals surface area contributed by atoms with Gasteiger partial charge in [0.1, 0.15) is 5.75 Å². The second-order valence-electron chi connectivity index (χ2n) is 7.98. The molecule has 1 aromatic heterocycles. The molecule has 0 atom stereocenters. The Morgan fingerprint density at radius 2 is 1.81 bits per heavy atom. The van der Waals surface area contributed by atoms with Gasteiger partial charge in [-0.3, -0.25) is 19.2 Å². The van der Waals surface area contributed by atoms with Crippen molar-refractivity contribution in [3.63, 3.8) is 0 Å². The molecule has 0 fully saturated rings. The Hall–Kier alpha value is -3.16. The lowest BCUT2D eigenvalue weighted by molar-refractivity contribution is 0.175. The van der Waals surface area contributed by atoms with Crippen LogP contribution in [-0.2, 0) is 13.1 Å². The maximum atomic E-state index is 13.6. The normalized spacial score (nSPS) is 13.8. The number of rotatable bonds is 8. The molecule has 0 spiro atoms. The zero-order valence-corrected chi connectivity index (χ0v) is 18.7. The summed E-state index contributed by atoms with van der Waals surface area (Å²) in [6.45, 7) is 6.34. The summed E-state index contributed by atoms with van der Waals surface area (Å²) in [7, 11) is 0. The van der Waals surface area contributed by atoms with Crippen LogP contribution in [0.2, 0.25) is 0 Å². The quantitative estimate of drug-likeness (QED) is 0.587. The third kappa shape index (κ3) is 4.69. The molecule has 3 aromatic rings. The maximum Gasteiger partial charge on any atom is 0.259 e. The van der Waals surface area contributed by atoms with E-state index in [9.17, 15) is 9.90 Å². The van der Waals surface area contributed by atoms with Crippen LogP contribution in [0.1, 0.15) is 30.2 Å². The minimum absolute atomic E-state index is 0.0130. The van der Waals surface area contributed by atoms with E-state index in [-0.39, 0.29) is 12.2 Å². The molecule has 0 bridgehead atoms. The second kappa shape index (κ2) is 9.97. The van der Waals surface area contributed by atoms with Gasteiger partial charge in [0, 0.05) is 30.8 Å².